The zero-order valence-corrected chi connectivity index (χ0v) is 15.0. The molecule has 2 aromatic rings. The molecule has 1 saturated heterocycles. The quantitative estimate of drug-likeness (QED) is 0.548. The van der Waals surface area contributed by atoms with E-state index in [9.17, 15) is 10.1 Å². The van der Waals surface area contributed by atoms with Crippen LogP contribution >= 0.6 is 27.5 Å². The Morgan fingerprint density at radius 1 is 1.33 bits per heavy atom. The number of ether oxygens (including phenoxy) is 1. The van der Waals surface area contributed by atoms with Crippen LogP contribution in [0.25, 0.3) is 0 Å². The summed E-state index contributed by atoms with van der Waals surface area (Å²) in [5, 5.41) is 11.8. The fourth-order valence-corrected chi connectivity index (χ4v) is 3.20. The Hall–Kier alpha value is -1.86. The fraction of sp³-hybridized carbons (Fsp3) is 0.312. The van der Waals surface area contributed by atoms with Gasteiger partial charge in [-0.05, 0) is 28.1 Å². The first-order valence-corrected chi connectivity index (χ1v) is 8.68. The van der Waals surface area contributed by atoms with Crippen LogP contribution in [-0.4, -0.2) is 29.1 Å². The zero-order chi connectivity index (χ0) is 17.1. The lowest BCUT2D eigenvalue weighted by Crippen LogP contribution is -2.39. The molecule has 1 fully saturated rings. The molecule has 1 aromatic heterocycles. The zero-order valence-electron chi connectivity index (χ0n) is 12.7. The summed E-state index contributed by atoms with van der Waals surface area (Å²) in [6.45, 7) is 1.29. The van der Waals surface area contributed by atoms with Gasteiger partial charge in [0.25, 0.3) is 0 Å². The molecule has 1 aromatic carbocycles. The van der Waals surface area contributed by atoms with Gasteiger partial charge in [-0.25, -0.2) is 4.98 Å². The summed E-state index contributed by atoms with van der Waals surface area (Å²) in [4.78, 5) is 17.0. The second-order valence-electron chi connectivity index (χ2n) is 5.49. The molecule has 1 aliphatic rings. The molecule has 0 bridgehead atoms. The van der Waals surface area contributed by atoms with Crippen molar-refractivity contribution in [3.8, 4) is 5.75 Å². The van der Waals surface area contributed by atoms with Crippen LogP contribution in [0.3, 0.4) is 0 Å². The van der Waals surface area contributed by atoms with Crippen LogP contribution in [0.1, 0.15) is 12.8 Å². The summed E-state index contributed by atoms with van der Waals surface area (Å²) in [5.41, 5.74) is 0.00912. The lowest BCUT2D eigenvalue weighted by molar-refractivity contribution is -0.384. The first kappa shape index (κ1) is 17.0. The van der Waals surface area contributed by atoms with Gasteiger partial charge in [-0.1, -0.05) is 23.7 Å². The summed E-state index contributed by atoms with van der Waals surface area (Å²) in [6.07, 6.45) is 3.12. The number of hydrogen-bond acceptors (Lipinski definition) is 5. The minimum atomic E-state index is -0.403. The van der Waals surface area contributed by atoms with E-state index in [1.807, 2.05) is 23.1 Å². The van der Waals surface area contributed by atoms with E-state index in [4.69, 9.17) is 16.3 Å². The smallest absolute Gasteiger partial charge is 0.312 e. The van der Waals surface area contributed by atoms with Crippen molar-refractivity contribution in [3.05, 3.63) is 56.1 Å². The molecule has 0 aliphatic carbocycles. The van der Waals surface area contributed by atoms with Crippen molar-refractivity contribution in [2.45, 2.75) is 18.9 Å². The van der Waals surface area contributed by atoms with E-state index >= 15 is 0 Å². The number of anilines is 1. The van der Waals surface area contributed by atoms with Crippen LogP contribution in [-0.2, 0) is 0 Å². The van der Waals surface area contributed by atoms with Crippen molar-refractivity contribution in [2.75, 3.05) is 18.0 Å². The van der Waals surface area contributed by atoms with Crippen molar-refractivity contribution in [1.82, 2.24) is 4.98 Å². The second kappa shape index (κ2) is 7.36. The van der Waals surface area contributed by atoms with E-state index in [1.54, 1.807) is 12.3 Å². The first-order valence-electron chi connectivity index (χ1n) is 7.50. The van der Waals surface area contributed by atoms with Gasteiger partial charge in [0.1, 0.15) is 11.9 Å². The first-order chi connectivity index (χ1) is 11.5. The van der Waals surface area contributed by atoms with E-state index in [0.717, 1.165) is 12.8 Å². The van der Waals surface area contributed by atoms with Gasteiger partial charge in [0.2, 0.25) is 5.82 Å². The number of nitrogens with zero attached hydrogens (tertiary/aromatic N) is 3. The third kappa shape index (κ3) is 3.79. The maximum Gasteiger partial charge on any atom is 0.312 e. The second-order valence-corrected chi connectivity index (χ2v) is 6.81. The Kier molecular flexibility index (Phi) is 5.20. The highest BCUT2D eigenvalue weighted by molar-refractivity contribution is 9.10. The van der Waals surface area contributed by atoms with Crippen LogP contribution < -0.4 is 9.64 Å². The van der Waals surface area contributed by atoms with Gasteiger partial charge in [-0.15, -0.1) is 0 Å². The molecule has 0 N–H and O–H groups in total. The number of piperidine rings is 1. The topological polar surface area (TPSA) is 68.5 Å². The lowest BCUT2D eigenvalue weighted by atomic mass is 10.1. The van der Waals surface area contributed by atoms with E-state index in [2.05, 4.69) is 20.9 Å². The molecule has 6 nitrogen and oxygen atoms in total. The highest BCUT2D eigenvalue weighted by Crippen LogP contribution is 2.32. The number of para-hydroxylation sites is 1. The number of pyridine rings is 1. The Labute approximate surface area is 152 Å². The van der Waals surface area contributed by atoms with Crippen molar-refractivity contribution in [3.63, 3.8) is 0 Å². The molecule has 1 aliphatic heterocycles. The van der Waals surface area contributed by atoms with E-state index < -0.39 is 4.92 Å². The number of aromatic nitrogens is 1. The number of hydrogen-bond donors (Lipinski definition) is 0. The molecule has 0 unspecified atom stereocenters. The highest BCUT2D eigenvalue weighted by Gasteiger charge is 2.27. The molecule has 0 amide bonds. The third-order valence-corrected chi connectivity index (χ3v) is 4.63. The normalized spacial score (nSPS) is 15.3. The van der Waals surface area contributed by atoms with Crippen molar-refractivity contribution in [2.24, 2.45) is 0 Å². The molecule has 8 heteroatoms. The maximum atomic E-state index is 11.2. The number of nitro groups is 1. The largest absolute Gasteiger partial charge is 0.489 e. The molecule has 0 spiro atoms. The molecular formula is C16H15BrClN3O3. The van der Waals surface area contributed by atoms with Gasteiger partial charge < -0.3 is 9.64 Å². The van der Waals surface area contributed by atoms with E-state index in [1.165, 1.54) is 6.07 Å². The van der Waals surface area contributed by atoms with Crippen molar-refractivity contribution < 1.29 is 9.66 Å². The monoisotopic (exact) mass is 411 g/mol. The third-order valence-electron chi connectivity index (χ3n) is 3.88. The maximum absolute atomic E-state index is 11.2. The highest BCUT2D eigenvalue weighted by atomic mass is 79.9. The summed E-state index contributed by atoms with van der Waals surface area (Å²) < 4.78 is 6.54. The van der Waals surface area contributed by atoms with Gasteiger partial charge in [0.15, 0.2) is 0 Å². The van der Waals surface area contributed by atoms with Crippen LogP contribution in [0.5, 0.6) is 5.75 Å². The van der Waals surface area contributed by atoms with Gasteiger partial charge >= 0.3 is 5.69 Å². The predicted molar refractivity (Wildman–Crippen MR) is 95.9 cm³/mol. The standard InChI is InChI=1S/C16H15BrClN3O3/c17-11-9-14(21(22)23)16(19-10-11)20-7-5-12(6-8-20)24-15-4-2-1-3-13(15)18/h1-4,9-10,12H,5-8H2. The Morgan fingerprint density at radius 2 is 2.04 bits per heavy atom. The fourth-order valence-electron chi connectivity index (χ4n) is 2.70. The van der Waals surface area contributed by atoms with Crippen LogP contribution in [0.4, 0.5) is 11.5 Å². The summed E-state index contributed by atoms with van der Waals surface area (Å²) in [7, 11) is 0. The minimum absolute atomic E-state index is 0.00912. The minimum Gasteiger partial charge on any atom is -0.489 e. The Balaban J connectivity index is 1.67. The summed E-state index contributed by atoms with van der Waals surface area (Å²) in [5.74, 6) is 1.07. The Morgan fingerprint density at radius 3 is 2.71 bits per heavy atom. The molecule has 3 rings (SSSR count). The molecule has 2 heterocycles. The molecule has 24 heavy (non-hydrogen) atoms. The van der Waals surface area contributed by atoms with Gasteiger partial charge in [-0.3, -0.25) is 10.1 Å². The molecule has 0 saturated carbocycles. The van der Waals surface area contributed by atoms with Crippen molar-refractivity contribution in [1.29, 1.82) is 0 Å². The van der Waals surface area contributed by atoms with E-state index in [-0.39, 0.29) is 11.8 Å². The van der Waals surface area contributed by atoms with Crippen LogP contribution in [0.2, 0.25) is 5.02 Å². The molecule has 126 valence electrons. The summed E-state index contributed by atoms with van der Waals surface area (Å²) >= 11 is 9.34. The number of halogens is 2. The predicted octanol–water partition coefficient (Wildman–Crippen LogP) is 4.45. The SMILES string of the molecule is O=[N+]([O-])c1cc(Br)cnc1N1CCC(Oc2ccccc2Cl)CC1. The molecular weight excluding hydrogens is 398 g/mol. The number of benzene rings is 1. The average molecular weight is 413 g/mol. The lowest BCUT2D eigenvalue weighted by Gasteiger charge is -2.32. The summed E-state index contributed by atoms with van der Waals surface area (Å²) in [6, 6.07) is 8.85. The van der Waals surface area contributed by atoms with Crippen LogP contribution in [0, 0.1) is 10.1 Å². The average Bonchev–Trinajstić information content (AvgIpc) is 2.58. The number of rotatable bonds is 4. The van der Waals surface area contributed by atoms with Crippen LogP contribution in [0.15, 0.2) is 41.0 Å². The van der Waals surface area contributed by atoms with Crippen molar-refractivity contribution >= 4 is 39.0 Å². The van der Waals surface area contributed by atoms with Gasteiger partial charge in [0.05, 0.1) is 9.95 Å². The van der Waals surface area contributed by atoms with Gasteiger partial charge in [0, 0.05) is 42.7 Å². The molecule has 0 atom stereocenters. The van der Waals surface area contributed by atoms with Gasteiger partial charge in [-0.2, -0.15) is 0 Å². The van der Waals surface area contributed by atoms with E-state index in [0.29, 0.717) is 34.2 Å². The molecule has 0 radical (unpaired) electrons. The Bertz CT molecular complexity index is 751.